The predicted octanol–water partition coefficient (Wildman–Crippen LogP) is 2.27. The standard InChI is InChI=1S/C19H20N2O3/c22-18(21-16-8-9-16)12-20-19(23)15-6-10-17(11-7-15)24-13-14-4-2-1-3-5-14/h1-7,10-11,16H,8-9,12-13H2,(H,20,23)(H,21,22). The topological polar surface area (TPSA) is 67.4 Å². The predicted molar refractivity (Wildman–Crippen MR) is 90.7 cm³/mol. The zero-order chi connectivity index (χ0) is 16.8. The van der Waals surface area contributed by atoms with Crippen molar-refractivity contribution < 1.29 is 14.3 Å². The Bertz CT molecular complexity index is 694. The van der Waals surface area contributed by atoms with Crippen LogP contribution in [0.15, 0.2) is 54.6 Å². The average molecular weight is 324 g/mol. The van der Waals surface area contributed by atoms with E-state index in [1.54, 1.807) is 24.3 Å². The molecule has 5 nitrogen and oxygen atoms in total. The lowest BCUT2D eigenvalue weighted by molar-refractivity contribution is -0.120. The zero-order valence-electron chi connectivity index (χ0n) is 13.3. The summed E-state index contributed by atoms with van der Waals surface area (Å²) in [6, 6.07) is 17.1. The Morgan fingerprint density at radius 1 is 1.00 bits per heavy atom. The highest BCUT2D eigenvalue weighted by molar-refractivity contribution is 5.96. The molecule has 2 amide bonds. The maximum atomic E-state index is 12.0. The van der Waals surface area contributed by atoms with E-state index in [0.29, 0.717) is 24.0 Å². The molecule has 3 rings (SSSR count). The number of nitrogens with one attached hydrogen (secondary N) is 2. The van der Waals surface area contributed by atoms with Crippen molar-refractivity contribution in [2.45, 2.75) is 25.5 Å². The van der Waals surface area contributed by atoms with E-state index in [9.17, 15) is 9.59 Å². The quantitative estimate of drug-likeness (QED) is 0.821. The fourth-order valence-electron chi connectivity index (χ4n) is 2.21. The minimum Gasteiger partial charge on any atom is -0.489 e. The zero-order valence-corrected chi connectivity index (χ0v) is 13.3. The van der Waals surface area contributed by atoms with Crippen LogP contribution in [0.2, 0.25) is 0 Å². The molecule has 1 aliphatic carbocycles. The van der Waals surface area contributed by atoms with Gasteiger partial charge in [0.15, 0.2) is 0 Å². The molecule has 0 heterocycles. The summed E-state index contributed by atoms with van der Waals surface area (Å²) in [6.07, 6.45) is 2.06. The molecule has 2 N–H and O–H groups in total. The second-order valence-corrected chi connectivity index (χ2v) is 5.82. The van der Waals surface area contributed by atoms with E-state index in [1.807, 2.05) is 30.3 Å². The summed E-state index contributed by atoms with van der Waals surface area (Å²) in [6.45, 7) is 0.481. The Balaban J connectivity index is 1.46. The maximum absolute atomic E-state index is 12.0. The van der Waals surface area contributed by atoms with Crippen molar-refractivity contribution >= 4 is 11.8 Å². The Morgan fingerprint density at radius 3 is 2.38 bits per heavy atom. The summed E-state index contributed by atoms with van der Waals surface area (Å²) in [5, 5.41) is 5.45. The Hall–Kier alpha value is -2.82. The fourth-order valence-corrected chi connectivity index (χ4v) is 2.21. The van der Waals surface area contributed by atoms with Crippen LogP contribution in [-0.4, -0.2) is 24.4 Å². The molecule has 1 saturated carbocycles. The van der Waals surface area contributed by atoms with Gasteiger partial charge in [0.2, 0.25) is 5.91 Å². The van der Waals surface area contributed by atoms with Gasteiger partial charge in [-0.25, -0.2) is 0 Å². The fraction of sp³-hybridized carbons (Fsp3) is 0.263. The van der Waals surface area contributed by atoms with E-state index in [-0.39, 0.29) is 18.4 Å². The van der Waals surface area contributed by atoms with E-state index in [4.69, 9.17) is 4.74 Å². The number of benzene rings is 2. The number of amides is 2. The molecule has 24 heavy (non-hydrogen) atoms. The van der Waals surface area contributed by atoms with Crippen LogP contribution >= 0.6 is 0 Å². The number of hydrogen-bond acceptors (Lipinski definition) is 3. The van der Waals surface area contributed by atoms with E-state index in [2.05, 4.69) is 10.6 Å². The lowest BCUT2D eigenvalue weighted by Gasteiger charge is -2.08. The molecule has 0 bridgehead atoms. The SMILES string of the molecule is O=C(CNC(=O)c1ccc(OCc2ccccc2)cc1)NC1CC1. The molecule has 0 radical (unpaired) electrons. The molecule has 2 aromatic rings. The van der Waals surface area contributed by atoms with Crippen molar-refractivity contribution in [3.05, 3.63) is 65.7 Å². The lowest BCUT2D eigenvalue weighted by atomic mass is 10.2. The molecule has 1 aliphatic rings. The first-order valence-corrected chi connectivity index (χ1v) is 8.05. The smallest absolute Gasteiger partial charge is 0.251 e. The van der Waals surface area contributed by atoms with Crippen LogP contribution in [0.5, 0.6) is 5.75 Å². The van der Waals surface area contributed by atoms with Gasteiger partial charge in [-0.15, -0.1) is 0 Å². The van der Waals surface area contributed by atoms with Gasteiger partial charge < -0.3 is 15.4 Å². The summed E-state index contributed by atoms with van der Waals surface area (Å²) < 4.78 is 5.68. The van der Waals surface area contributed by atoms with Gasteiger partial charge in [0.1, 0.15) is 12.4 Å². The van der Waals surface area contributed by atoms with Gasteiger partial charge >= 0.3 is 0 Å². The normalized spacial score (nSPS) is 13.2. The molecule has 1 fully saturated rings. The highest BCUT2D eigenvalue weighted by atomic mass is 16.5. The van der Waals surface area contributed by atoms with Gasteiger partial charge in [0.05, 0.1) is 6.54 Å². The molecular formula is C19H20N2O3. The second-order valence-electron chi connectivity index (χ2n) is 5.82. The van der Waals surface area contributed by atoms with Gasteiger partial charge in [-0.2, -0.15) is 0 Å². The molecule has 0 saturated heterocycles. The number of rotatable bonds is 7. The third kappa shape index (κ3) is 4.84. The largest absolute Gasteiger partial charge is 0.489 e. The van der Waals surface area contributed by atoms with Crippen molar-refractivity contribution in [1.29, 1.82) is 0 Å². The van der Waals surface area contributed by atoms with Gasteiger partial charge in [-0.05, 0) is 42.7 Å². The van der Waals surface area contributed by atoms with Crippen LogP contribution in [0.1, 0.15) is 28.8 Å². The Kier molecular flexibility index (Phi) is 5.11. The van der Waals surface area contributed by atoms with Crippen LogP contribution in [0.25, 0.3) is 0 Å². The maximum Gasteiger partial charge on any atom is 0.251 e. The van der Waals surface area contributed by atoms with E-state index in [0.717, 1.165) is 18.4 Å². The van der Waals surface area contributed by atoms with Crippen LogP contribution in [0.4, 0.5) is 0 Å². The molecule has 124 valence electrons. The summed E-state index contributed by atoms with van der Waals surface area (Å²) >= 11 is 0. The molecule has 0 spiro atoms. The highest BCUT2D eigenvalue weighted by Gasteiger charge is 2.23. The first-order valence-electron chi connectivity index (χ1n) is 8.05. The van der Waals surface area contributed by atoms with Crippen LogP contribution in [-0.2, 0) is 11.4 Å². The van der Waals surface area contributed by atoms with Crippen molar-refractivity contribution in [3.63, 3.8) is 0 Å². The van der Waals surface area contributed by atoms with Crippen molar-refractivity contribution in [2.24, 2.45) is 0 Å². The molecule has 5 heteroatoms. The van der Waals surface area contributed by atoms with Gasteiger partial charge in [0.25, 0.3) is 5.91 Å². The molecule has 0 aliphatic heterocycles. The minimum absolute atomic E-state index is 0.00158. The molecular weight excluding hydrogens is 304 g/mol. The third-order valence-corrected chi connectivity index (χ3v) is 3.72. The molecule has 0 unspecified atom stereocenters. The first kappa shape index (κ1) is 16.1. The number of carbonyl (C=O) groups excluding carboxylic acids is 2. The van der Waals surface area contributed by atoms with Gasteiger partial charge in [0, 0.05) is 11.6 Å². The van der Waals surface area contributed by atoms with Gasteiger partial charge in [-0.1, -0.05) is 30.3 Å². The second kappa shape index (κ2) is 7.64. The molecule has 2 aromatic carbocycles. The summed E-state index contributed by atoms with van der Waals surface area (Å²) in [5.74, 6) is 0.283. The number of carbonyl (C=O) groups is 2. The summed E-state index contributed by atoms with van der Waals surface area (Å²) in [7, 11) is 0. The van der Waals surface area contributed by atoms with E-state index in [1.165, 1.54) is 0 Å². The van der Waals surface area contributed by atoms with E-state index < -0.39 is 0 Å². The molecule has 0 atom stereocenters. The average Bonchev–Trinajstić information content (AvgIpc) is 3.43. The number of ether oxygens (including phenoxy) is 1. The highest BCUT2D eigenvalue weighted by Crippen LogP contribution is 2.18. The first-order chi connectivity index (χ1) is 11.7. The lowest BCUT2D eigenvalue weighted by Crippen LogP contribution is -2.37. The summed E-state index contributed by atoms with van der Waals surface area (Å²) in [5.41, 5.74) is 1.59. The van der Waals surface area contributed by atoms with Crippen molar-refractivity contribution in [2.75, 3.05) is 6.54 Å². The number of hydrogen-bond donors (Lipinski definition) is 2. The molecule has 0 aromatic heterocycles. The van der Waals surface area contributed by atoms with Crippen LogP contribution in [0, 0.1) is 0 Å². The summed E-state index contributed by atoms with van der Waals surface area (Å²) in [4.78, 5) is 23.6. The monoisotopic (exact) mass is 324 g/mol. The third-order valence-electron chi connectivity index (χ3n) is 3.72. The van der Waals surface area contributed by atoms with Crippen molar-refractivity contribution in [1.82, 2.24) is 10.6 Å². The van der Waals surface area contributed by atoms with Gasteiger partial charge in [-0.3, -0.25) is 9.59 Å². The Morgan fingerprint density at radius 2 is 1.71 bits per heavy atom. The van der Waals surface area contributed by atoms with Crippen molar-refractivity contribution in [3.8, 4) is 5.75 Å². The Labute approximate surface area is 141 Å². The van der Waals surface area contributed by atoms with Crippen LogP contribution < -0.4 is 15.4 Å². The minimum atomic E-state index is -0.268. The van der Waals surface area contributed by atoms with E-state index >= 15 is 0 Å². The van der Waals surface area contributed by atoms with Crippen LogP contribution in [0.3, 0.4) is 0 Å².